The van der Waals surface area contributed by atoms with Gasteiger partial charge in [-0.05, 0) is 44.7 Å². The Labute approximate surface area is 143 Å². The van der Waals surface area contributed by atoms with Crippen molar-refractivity contribution in [2.24, 2.45) is 7.05 Å². The molecule has 0 spiro atoms. The third-order valence-electron chi connectivity index (χ3n) is 4.94. The summed E-state index contributed by atoms with van der Waals surface area (Å²) < 4.78 is 1.82. The van der Waals surface area contributed by atoms with Crippen molar-refractivity contribution in [3.05, 3.63) is 53.3 Å². The highest BCUT2D eigenvalue weighted by Gasteiger charge is 2.39. The molecule has 3 rings (SSSR count). The summed E-state index contributed by atoms with van der Waals surface area (Å²) in [5.74, 6) is 0. The first-order valence-corrected chi connectivity index (χ1v) is 8.57. The van der Waals surface area contributed by atoms with E-state index in [1.165, 1.54) is 5.56 Å². The van der Waals surface area contributed by atoms with E-state index >= 15 is 0 Å². The number of nitrogens with zero attached hydrogens (tertiary/aromatic N) is 3. The summed E-state index contributed by atoms with van der Waals surface area (Å²) in [6, 6.07) is 12.4. The molecule has 24 heavy (non-hydrogen) atoms. The minimum Gasteiger partial charge on any atom is -0.332 e. The van der Waals surface area contributed by atoms with Crippen molar-refractivity contribution >= 4 is 6.03 Å². The van der Waals surface area contributed by atoms with Crippen molar-refractivity contribution in [2.45, 2.75) is 45.2 Å². The largest absolute Gasteiger partial charge is 0.332 e. The highest BCUT2D eigenvalue weighted by atomic mass is 16.2. The first kappa shape index (κ1) is 16.6. The SMILES string of the molecule is Cc1cc(CNC(=O)N2CCCC2(C)Cc2ccccc2)n(C)n1. The predicted octanol–water partition coefficient (Wildman–Crippen LogP) is 3.04. The molecule has 0 saturated carbocycles. The van der Waals surface area contributed by atoms with Gasteiger partial charge in [0.15, 0.2) is 0 Å². The number of benzene rings is 1. The van der Waals surface area contributed by atoms with Crippen LogP contribution < -0.4 is 5.32 Å². The van der Waals surface area contributed by atoms with Crippen LogP contribution in [-0.4, -0.2) is 32.8 Å². The van der Waals surface area contributed by atoms with E-state index in [1.54, 1.807) is 0 Å². The second kappa shape index (κ2) is 6.67. The number of aromatic nitrogens is 2. The predicted molar refractivity (Wildman–Crippen MR) is 94.7 cm³/mol. The van der Waals surface area contributed by atoms with Crippen LogP contribution in [0, 0.1) is 6.92 Å². The molecule has 1 atom stereocenters. The standard InChI is InChI=1S/C19H26N4O/c1-15-12-17(22(3)21-15)14-20-18(24)23-11-7-10-19(23,2)13-16-8-5-4-6-9-16/h4-6,8-9,12H,7,10-11,13-14H2,1-3H3,(H,20,24). The van der Waals surface area contributed by atoms with E-state index in [4.69, 9.17) is 0 Å². The zero-order valence-electron chi connectivity index (χ0n) is 14.7. The molecule has 0 aliphatic carbocycles. The Morgan fingerprint density at radius 1 is 1.33 bits per heavy atom. The molecule has 1 aliphatic rings. The zero-order valence-corrected chi connectivity index (χ0v) is 14.7. The minimum absolute atomic E-state index is 0.0183. The van der Waals surface area contributed by atoms with Gasteiger partial charge < -0.3 is 10.2 Å². The second-order valence-corrected chi connectivity index (χ2v) is 6.97. The molecule has 1 aromatic carbocycles. The maximum absolute atomic E-state index is 12.7. The lowest BCUT2D eigenvalue weighted by Crippen LogP contribution is -2.50. The average Bonchev–Trinajstić information content (AvgIpc) is 3.08. The molecule has 1 N–H and O–H groups in total. The highest BCUT2D eigenvalue weighted by molar-refractivity contribution is 5.75. The van der Waals surface area contributed by atoms with E-state index in [1.807, 2.05) is 35.7 Å². The molecule has 1 fully saturated rings. The van der Waals surface area contributed by atoms with Gasteiger partial charge in [0.25, 0.3) is 0 Å². The number of nitrogens with one attached hydrogen (secondary N) is 1. The monoisotopic (exact) mass is 326 g/mol. The van der Waals surface area contributed by atoms with Crippen molar-refractivity contribution in [3.63, 3.8) is 0 Å². The number of hydrogen-bond donors (Lipinski definition) is 1. The lowest BCUT2D eigenvalue weighted by atomic mass is 9.90. The van der Waals surface area contributed by atoms with Crippen LogP contribution in [0.2, 0.25) is 0 Å². The number of aryl methyl sites for hydroxylation is 2. The Morgan fingerprint density at radius 2 is 2.08 bits per heavy atom. The lowest BCUT2D eigenvalue weighted by molar-refractivity contribution is 0.155. The van der Waals surface area contributed by atoms with Gasteiger partial charge in [-0.15, -0.1) is 0 Å². The fourth-order valence-corrected chi connectivity index (χ4v) is 3.68. The number of hydrogen-bond acceptors (Lipinski definition) is 2. The summed E-state index contributed by atoms with van der Waals surface area (Å²) in [5.41, 5.74) is 3.15. The summed E-state index contributed by atoms with van der Waals surface area (Å²) in [6.07, 6.45) is 2.99. The van der Waals surface area contributed by atoms with Gasteiger partial charge in [-0.1, -0.05) is 30.3 Å². The third kappa shape index (κ3) is 3.45. The van der Waals surface area contributed by atoms with Gasteiger partial charge in [0.1, 0.15) is 0 Å². The molecule has 128 valence electrons. The first-order valence-electron chi connectivity index (χ1n) is 8.57. The van der Waals surface area contributed by atoms with Crippen LogP contribution in [0.1, 0.15) is 36.7 Å². The van der Waals surface area contributed by atoms with E-state index in [0.29, 0.717) is 6.54 Å². The number of carbonyl (C=O) groups excluding carboxylic acids is 1. The topological polar surface area (TPSA) is 50.2 Å². The molecule has 1 saturated heterocycles. The van der Waals surface area contributed by atoms with Crippen LogP contribution in [0.25, 0.3) is 0 Å². The molecule has 2 amide bonds. The van der Waals surface area contributed by atoms with Crippen molar-refractivity contribution in [1.29, 1.82) is 0 Å². The van der Waals surface area contributed by atoms with Crippen molar-refractivity contribution in [1.82, 2.24) is 20.0 Å². The molecule has 5 heteroatoms. The Hall–Kier alpha value is -2.30. The second-order valence-electron chi connectivity index (χ2n) is 6.97. The molecule has 0 bridgehead atoms. The van der Waals surface area contributed by atoms with Crippen LogP contribution in [0.15, 0.2) is 36.4 Å². The third-order valence-corrected chi connectivity index (χ3v) is 4.94. The Balaban J connectivity index is 1.65. The Morgan fingerprint density at radius 3 is 2.75 bits per heavy atom. The van der Waals surface area contributed by atoms with Crippen LogP contribution in [0.5, 0.6) is 0 Å². The van der Waals surface area contributed by atoms with Gasteiger partial charge in [-0.3, -0.25) is 4.68 Å². The molecule has 1 aromatic heterocycles. The maximum Gasteiger partial charge on any atom is 0.318 e. The van der Waals surface area contributed by atoms with Crippen LogP contribution in [0.4, 0.5) is 4.79 Å². The van der Waals surface area contributed by atoms with E-state index < -0.39 is 0 Å². The molecule has 0 radical (unpaired) electrons. The molecule has 1 aliphatic heterocycles. The van der Waals surface area contributed by atoms with Crippen molar-refractivity contribution in [3.8, 4) is 0 Å². The molecule has 2 heterocycles. The first-order chi connectivity index (χ1) is 11.5. The van der Waals surface area contributed by atoms with Gasteiger partial charge in [0.2, 0.25) is 0 Å². The average molecular weight is 326 g/mol. The Kier molecular flexibility index (Phi) is 4.60. The summed E-state index contributed by atoms with van der Waals surface area (Å²) in [7, 11) is 1.91. The summed E-state index contributed by atoms with van der Waals surface area (Å²) in [5, 5.41) is 7.38. The van der Waals surface area contributed by atoms with Gasteiger partial charge in [0.05, 0.1) is 17.9 Å². The van der Waals surface area contributed by atoms with Crippen LogP contribution >= 0.6 is 0 Å². The number of likely N-dealkylation sites (tertiary alicyclic amines) is 1. The molecule has 1 unspecified atom stereocenters. The van der Waals surface area contributed by atoms with Crippen molar-refractivity contribution < 1.29 is 4.79 Å². The smallest absolute Gasteiger partial charge is 0.318 e. The minimum atomic E-state index is -0.117. The van der Waals surface area contributed by atoms with E-state index in [-0.39, 0.29) is 11.6 Å². The number of urea groups is 1. The Bertz CT molecular complexity index is 709. The molecule has 2 aromatic rings. The van der Waals surface area contributed by atoms with Crippen LogP contribution in [0.3, 0.4) is 0 Å². The number of carbonyl (C=O) groups is 1. The normalized spacial score (nSPS) is 20.4. The zero-order chi connectivity index (χ0) is 17.2. The fourth-order valence-electron chi connectivity index (χ4n) is 3.68. The molecular formula is C19H26N4O. The van der Waals surface area contributed by atoms with Gasteiger partial charge in [-0.25, -0.2) is 4.79 Å². The summed E-state index contributed by atoms with van der Waals surface area (Å²) in [4.78, 5) is 14.7. The van der Waals surface area contributed by atoms with E-state index in [9.17, 15) is 4.79 Å². The van der Waals surface area contributed by atoms with Gasteiger partial charge in [-0.2, -0.15) is 5.10 Å². The van der Waals surface area contributed by atoms with E-state index in [2.05, 4.69) is 41.6 Å². The molecule has 5 nitrogen and oxygen atoms in total. The van der Waals surface area contributed by atoms with E-state index in [0.717, 1.165) is 37.2 Å². The van der Waals surface area contributed by atoms with Crippen LogP contribution in [-0.2, 0) is 20.0 Å². The lowest BCUT2D eigenvalue weighted by Gasteiger charge is -2.35. The molecular weight excluding hydrogens is 300 g/mol. The van der Waals surface area contributed by atoms with Gasteiger partial charge >= 0.3 is 6.03 Å². The summed E-state index contributed by atoms with van der Waals surface area (Å²) in [6.45, 7) is 5.48. The quantitative estimate of drug-likeness (QED) is 0.939. The van der Waals surface area contributed by atoms with Gasteiger partial charge in [0, 0.05) is 19.1 Å². The number of rotatable bonds is 4. The van der Waals surface area contributed by atoms with Crippen molar-refractivity contribution in [2.75, 3.05) is 6.54 Å². The summed E-state index contributed by atoms with van der Waals surface area (Å²) >= 11 is 0. The maximum atomic E-state index is 12.7. The number of amides is 2. The highest BCUT2D eigenvalue weighted by Crippen LogP contribution is 2.32. The fraction of sp³-hybridized carbons (Fsp3) is 0.474.